The van der Waals surface area contributed by atoms with Gasteiger partial charge in [0.1, 0.15) is 17.5 Å². The van der Waals surface area contributed by atoms with Crippen molar-refractivity contribution in [3.63, 3.8) is 0 Å². The minimum Gasteiger partial charge on any atom is -0.392 e. The zero-order valence-electron chi connectivity index (χ0n) is 50.2. The molecule has 8 rings (SSSR count). The van der Waals surface area contributed by atoms with Gasteiger partial charge >= 0.3 is 0 Å². The number of ether oxygens (including phenoxy) is 1. The van der Waals surface area contributed by atoms with Crippen LogP contribution in [0.3, 0.4) is 0 Å². The lowest BCUT2D eigenvalue weighted by Gasteiger charge is -2.12. The van der Waals surface area contributed by atoms with Crippen molar-refractivity contribution >= 4 is 148 Å². The number of hydrogen-bond acceptors (Lipinski definition) is 8. The highest BCUT2D eigenvalue weighted by atomic mass is 35.5. The van der Waals surface area contributed by atoms with Gasteiger partial charge in [-0.3, -0.25) is 34.6 Å². The van der Waals surface area contributed by atoms with Gasteiger partial charge in [0.2, 0.25) is 0 Å². The van der Waals surface area contributed by atoms with Crippen LogP contribution in [-0.4, -0.2) is 71.4 Å². The molecule has 19 heteroatoms. The highest BCUT2D eigenvalue weighted by molar-refractivity contribution is 7.59. The number of carbonyl (C=O) groups excluding carboxylic acids is 5. The van der Waals surface area contributed by atoms with Crippen LogP contribution in [-0.2, 0) is 28.7 Å². The molecule has 4 amide bonds. The zero-order valence-corrected chi connectivity index (χ0v) is 55.0. The van der Waals surface area contributed by atoms with E-state index in [0.717, 1.165) is 45.5 Å². The summed E-state index contributed by atoms with van der Waals surface area (Å²) in [6.45, 7) is 10.3. The van der Waals surface area contributed by atoms with Crippen molar-refractivity contribution in [3.05, 3.63) is 319 Å². The van der Waals surface area contributed by atoms with Gasteiger partial charge in [-0.15, -0.1) is 11.6 Å². The predicted molar refractivity (Wildman–Crippen MR) is 378 cm³/mol. The number of aliphatic hydroxyl groups excluding tert-OH is 2. The number of amides is 4. The quantitative estimate of drug-likeness (QED) is 0.0333. The summed E-state index contributed by atoms with van der Waals surface area (Å²) in [5.74, 6) is -4.75. The zero-order chi connectivity index (χ0) is 67.1. The van der Waals surface area contributed by atoms with E-state index in [1.165, 1.54) is 56.3 Å². The van der Waals surface area contributed by atoms with Crippen LogP contribution < -0.4 is 10.6 Å². The van der Waals surface area contributed by atoms with E-state index < -0.39 is 47.2 Å². The van der Waals surface area contributed by atoms with Crippen LogP contribution in [0, 0.1) is 17.5 Å². The molecule has 0 saturated heterocycles. The third kappa shape index (κ3) is 27.2. The number of aliphatic hydroxyl groups is 2. The monoisotopic (exact) mass is 1370 g/mol. The third-order valence-electron chi connectivity index (χ3n) is 12.5. The second kappa shape index (κ2) is 40.4. The average Bonchev–Trinajstić information content (AvgIpc) is 1.19. The highest BCUT2D eigenvalue weighted by Crippen LogP contribution is 2.26. The van der Waals surface area contributed by atoms with Crippen molar-refractivity contribution < 1.29 is 52.1 Å². The molecule has 4 N–H and O–H groups in total. The third-order valence-corrected chi connectivity index (χ3v) is 13.8. The van der Waals surface area contributed by atoms with Crippen LogP contribution in [0.25, 0.3) is 46.6 Å². The summed E-state index contributed by atoms with van der Waals surface area (Å²) >= 11 is 29.0. The lowest BCUT2D eigenvalue weighted by Crippen LogP contribution is -2.31. The molecule has 1 atom stereocenters. The number of hydrogen-bond donors (Lipinski definition) is 4. The number of nitrogens with one attached hydrogen (secondary N) is 2. The Bertz CT molecular complexity index is 3980. The molecule has 0 fully saturated rings. The number of ketones is 1. The first-order valence-corrected chi connectivity index (χ1v) is 29.9. The Morgan fingerprint density at radius 1 is 0.505 bits per heavy atom. The number of allylic oxidation sites excluding steroid dienone is 2. The minimum atomic E-state index is -0.918. The van der Waals surface area contributed by atoms with E-state index in [9.17, 15) is 42.3 Å². The lowest BCUT2D eigenvalue weighted by molar-refractivity contribution is -0.126. The van der Waals surface area contributed by atoms with Gasteiger partial charge in [0.25, 0.3) is 23.6 Å². The molecule has 0 aliphatic heterocycles. The van der Waals surface area contributed by atoms with Crippen LogP contribution in [0.15, 0.2) is 237 Å². The molecule has 0 bridgehead atoms. The molecule has 0 radical (unpaired) electrons. The van der Waals surface area contributed by atoms with Crippen LogP contribution in [0.4, 0.5) is 13.2 Å². The van der Waals surface area contributed by atoms with Crippen LogP contribution in [0.5, 0.6) is 0 Å². The maximum Gasteiger partial charge on any atom is 0.258 e. The van der Waals surface area contributed by atoms with Gasteiger partial charge in [-0.05, 0) is 162 Å². The number of alkyl halides is 1. The summed E-state index contributed by atoms with van der Waals surface area (Å²) in [6, 6.07) is 55.9. The number of carbonyl (C=O) groups is 5. The fourth-order valence-corrected chi connectivity index (χ4v) is 8.34. The maximum atomic E-state index is 14.1. The molecular formula is C74H64Cl5F3N2O8S. The van der Waals surface area contributed by atoms with E-state index in [2.05, 4.69) is 29.9 Å². The molecule has 0 aliphatic rings. The number of imide groups is 2. The van der Waals surface area contributed by atoms with Crippen molar-refractivity contribution in [3.8, 4) is 0 Å². The van der Waals surface area contributed by atoms with Crippen LogP contribution in [0.2, 0.25) is 20.1 Å². The molecule has 0 spiro atoms. The van der Waals surface area contributed by atoms with Gasteiger partial charge in [-0.1, -0.05) is 187 Å². The van der Waals surface area contributed by atoms with Gasteiger partial charge < -0.3 is 14.9 Å². The van der Waals surface area contributed by atoms with E-state index in [1.807, 2.05) is 103 Å². The van der Waals surface area contributed by atoms with Gasteiger partial charge in [-0.2, -0.15) is 13.5 Å². The Balaban J connectivity index is 0.000000264. The first-order chi connectivity index (χ1) is 44.0. The molecule has 93 heavy (non-hydrogen) atoms. The Morgan fingerprint density at radius 2 is 0.892 bits per heavy atom. The van der Waals surface area contributed by atoms with E-state index in [1.54, 1.807) is 66.7 Å². The molecule has 0 unspecified atom stereocenters. The van der Waals surface area contributed by atoms with Crippen molar-refractivity contribution in [2.45, 2.75) is 20.0 Å². The van der Waals surface area contributed by atoms with Gasteiger partial charge in [-0.25, -0.2) is 13.2 Å². The first kappa shape index (κ1) is 76.8. The molecule has 0 aromatic heterocycles. The second-order valence-corrected chi connectivity index (χ2v) is 21.9. The molecule has 10 nitrogen and oxygen atoms in total. The largest absolute Gasteiger partial charge is 0.392 e. The van der Waals surface area contributed by atoms with E-state index >= 15 is 0 Å². The summed E-state index contributed by atoms with van der Waals surface area (Å²) in [4.78, 5) is 60.6. The molecule has 480 valence electrons. The van der Waals surface area contributed by atoms with Crippen LogP contribution in [0.1, 0.15) is 58.4 Å². The highest BCUT2D eigenvalue weighted by Gasteiger charge is 2.20. The standard InChI is InChI=1S/C19H14ClF2NO2.C19H15ClFNO2.C18H18Cl2O2.C18H15ClO2.H2S/c1-11(2)18(24)23-19(25)16(9-12-3-5-13(20)6-4-12)15-8-7-14(21)10-17(15)22;1-12(2)18(23)22-19(24)17(14-5-9-16(21)10-6-14)11-13-3-7-15(20)8-4-13;19-11-18(21)13-22-12-16(15-4-2-1-3-5-15)10-14-6-8-17(20)9-7-14;19-16-10-8-14(9-11-16)13-17(18(21)7-4-12-20)15-5-2-1-3-6-15;/h3-10H,1H2,2H3,(H,23,24,25);3-11H,1H2,2H3,(H,22,23,24);1-10,18,21H,11-13H2;1-11,13,20H,12H2;1H2/b16-9+;17-11-;16-10-;7-4+,17-13+;/t;;18-;;/m..1../s1. The fourth-order valence-electron chi connectivity index (χ4n) is 7.75. The van der Waals surface area contributed by atoms with Crippen molar-refractivity contribution in [2.75, 3.05) is 25.7 Å². The number of halogens is 8. The smallest absolute Gasteiger partial charge is 0.258 e. The normalized spacial score (nSPS) is 11.6. The Kier molecular flexibility index (Phi) is 33.3. The lowest BCUT2D eigenvalue weighted by atomic mass is 9.98. The molecule has 0 saturated carbocycles. The SMILES string of the molecule is C=C(C)C(=O)NC(=O)/C(=C/c1ccc(Cl)cc1)c1ccc(F)cc1F.C=C(C)C(=O)NC(=O)/C(=C\c1ccc(Cl)cc1)c1ccc(F)cc1.O=C(/C=C/CO)/C(=C/c1ccc(Cl)cc1)c1ccccc1.O[C@H](CCl)COC/C(=C/c1ccc(Cl)cc1)c1ccccc1.S. The molecule has 0 heterocycles. The van der Waals surface area contributed by atoms with Crippen molar-refractivity contribution in [1.29, 1.82) is 0 Å². The van der Waals surface area contributed by atoms with Gasteiger partial charge in [0.05, 0.1) is 37.4 Å². The summed E-state index contributed by atoms with van der Waals surface area (Å²) in [7, 11) is 0. The molecule has 8 aromatic rings. The molecule has 0 aliphatic carbocycles. The summed E-state index contributed by atoms with van der Waals surface area (Å²) in [5, 5.41) is 25.1. The van der Waals surface area contributed by atoms with E-state index in [-0.39, 0.29) is 66.2 Å². The maximum absolute atomic E-state index is 14.1. The summed E-state index contributed by atoms with van der Waals surface area (Å²) in [5.41, 5.74) is 7.52. The Labute approximate surface area is 570 Å². The van der Waals surface area contributed by atoms with Gasteiger partial charge in [0.15, 0.2) is 5.78 Å². The Hall–Kier alpha value is -8.64. The minimum absolute atomic E-state index is 0. The van der Waals surface area contributed by atoms with Crippen LogP contribution >= 0.6 is 71.5 Å². The van der Waals surface area contributed by atoms with Crippen molar-refractivity contribution in [2.24, 2.45) is 0 Å². The molecule has 8 aromatic carbocycles. The van der Waals surface area contributed by atoms with E-state index in [4.69, 9.17) is 67.8 Å². The number of rotatable bonds is 20. The second-order valence-electron chi connectivity index (χ2n) is 19.8. The summed E-state index contributed by atoms with van der Waals surface area (Å²) in [6.07, 6.45) is 9.02. The van der Waals surface area contributed by atoms with E-state index in [0.29, 0.717) is 49.5 Å². The Morgan fingerprint density at radius 3 is 1.31 bits per heavy atom. The first-order valence-electron chi connectivity index (χ1n) is 27.9. The van der Waals surface area contributed by atoms with Crippen molar-refractivity contribution in [1.82, 2.24) is 10.6 Å². The summed E-state index contributed by atoms with van der Waals surface area (Å²) < 4.78 is 46.0. The topological polar surface area (TPSA) is 159 Å². The molecular weight excluding hydrogens is 1310 g/mol. The number of benzene rings is 8. The predicted octanol–water partition coefficient (Wildman–Crippen LogP) is 17.2. The van der Waals surface area contributed by atoms with Gasteiger partial charge in [0, 0.05) is 54.0 Å². The average molecular weight is 1380 g/mol. The fraction of sp³-hybridized carbons (Fsp3) is 0.0946.